The first kappa shape index (κ1) is 11.7. The van der Waals surface area contributed by atoms with E-state index in [2.05, 4.69) is 12.1 Å². The Morgan fingerprint density at radius 3 is 2.44 bits per heavy atom. The smallest absolute Gasteiger partial charge is 0.113 e. The predicted octanol–water partition coefficient (Wildman–Crippen LogP) is 4.64. The van der Waals surface area contributed by atoms with Crippen LogP contribution in [0.4, 0.5) is 0 Å². The van der Waals surface area contributed by atoms with E-state index >= 15 is 0 Å². The Morgan fingerprint density at radius 1 is 1.00 bits per heavy atom. The highest BCUT2D eigenvalue weighted by atomic mass is 35.5. The van der Waals surface area contributed by atoms with Gasteiger partial charge in [-0.2, -0.15) is 0 Å². The first-order valence-electron chi connectivity index (χ1n) is 5.66. The van der Waals surface area contributed by atoms with Gasteiger partial charge in [-0.1, -0.05) is 41.9 Å². The number of thiophene rings is 1. The van der Waals surface area contributed by atoms with E-state index in [1.165, 1.54) is 10.1 Å². The molecular formula is C15H11ClOS. The molecule has 0 fully saturated rings. The van der Waals surface area contributed by atoms with Gasteiger partial charge in [0, 0.05) is 14.6 Å². The van der Waals surface area contributed by atoms with Gasteiger partial charge in [-0.15, -0.1) is 11.3 Å². The Hall–Kier alpha value is -1.35. The van der Waals surface area contributed by atoms with Crippen molar-refractivity contribution in [2.45, 2.75) is 6.10 Å². The van der Waals surface area contributed by atoms with Crippen molar-refractivity contribution in [3.63, 3.8) is 0 Å². The molecule has 0 aliphatic rings. The number of aliphatic hydroxyl groups is 1. The van der Waals surface area contributed by atoms with Crippen molar-refractivity contribution in [1.29, 1.82) is 0 Å². The van der Waals surface area contributed by atoms with E-state index in [1.807, 2.05) is 30.3 Å². The molecule has 0 radical (unpaired) electrons. The summed E-state index contributed by atoms with van der Waals surface area (Å²) in [6.45, 7) is 0. The van der Waals surface area contributed by atoms with Crippen molar-refractivity contribution in [2.75, 3.05) is 0 Å². The van der Waals surface area contributed by atoms with Crippen LogP contribution in [0.15, 0.2) is 54.6 Å². The average molecular weight is 275 g/mol. The van der Waals surface area contributed by atoms with Gasteiger partial charge in [-0.3, -0.25) is 0 Å². The quantitative estimate of drug-likeness (QED) is 0.722. The lowest BCUT2D eigenvalue weighted by Crippen LogP contribution is -1.95. The minimum Gasteiger partial charge on any atom is -0.383 e. The number of fused-ring (bicyclic) bond motifs is 1. The minimum atomic E-state index is -0.584. The number of halogens is 1. The number of benzene rings is 2. The van der Waals surface area contributed by atoms with Gasteiger partial charge in [0.15, 0.2) is 0 Å². The summed E-state index contributed by atoms with van der Waals surface area (Å²) in [5, 5.41) is 12.2. The van der Waals surface area contributed by atoms with Crippen molar-refractivity contribution in [2.24, 2.45) is 0 Å². The average Bonchev–Trinajstić information content (AvgIpc) is 2.82. The molecule has 90 valence electrons. The highest BCUT2D eigenvalue weighted by molar-refractivity contribution is 7.19. The fourth-order valence-corrected chi connectivity index (χ4v) is 3.15. The lowest BCUT2D eigenvalue weighted by Gasteiger charge is -2.08. The Bertz CT molecular complexity index is 639. The van der Waals surface area contributed by atoms with Crippen LogP contribution in [0, 0.1) is 0 Å². The second-order valence-electron chi connectivity index (χ2n) is 4.14. The summed E-state index contributed by atoms with van der Waals surface area (Å²) in [4.78, 5) is 0.957. The molecule has 2 aromatic carbocycles. The Morgan fingerprint density at radius 2 is 1.72 bits per heavy atom. The van der Waals surface area contributed by atoms with Gasteiger partial charge in [-0.25, -0.2) is 0 Å². The molecule has 0 bridgehead atoms. The van der Waals surface area contributed by atoms with E-state index in [-0.39, 0.29) is 0 Å². The third-order valence-electron chi connectivity index (χ3n) is 2.90. The fourth-order valence-electron chi connectivity index (χ4n) is 1.95. The summed E-state index contributed by atoms with van der Waals surface area (Å²) < 4.78 is 1.19. The second kappa shape index (κ2) is 4.73. The van der Waals surface area contributed by atoms with E-state index in [0.717, 1.165) is 10.4 Å². The van der Waals surface area contributed by atoms with Crippen molar-refractivity contribution in [3.8, 4) is 0 Å². The topological polar surface area (TPSA) is 20.2 Å². The van der Waals surface area contributed by atoms with Gasteiger partial charge in [0.25, 0.3) is 0 Å². The summed E-state index contributed by atoms with van der Waals surface area (Å²) in [7, 11) is 0. The molecular weight excluding hydrogens is 264 g/mol. The first-order chi connectivity index (χ1) is 8.74. The molecule has 1 atom stereocenters. The molecule has 1 heterocycles. The van der Waals surface area contributed by atoms with E-state index in [0.29, 0.717) is 5.02 Å². The Balaban J connectivity index is 2.00. The maximum atomic E-state index is 10.4. The maximum absolute atomic E-state index is 10.4. The van der Waals surface area contributed by atoms with Crippen LogP contribution in [-0.2, 0) is 0 Å². The van der Waals surface area contributed by atoms with Crippen molar-refractivity contribution < 1.29 is 5.11 Å². The molecule has 0 aliphatic carbocycles. The maximum Gasteiger partial charge on any atom is 0.113 e. The minimum absolute atomic E-state index is 0.584. The van der Waals surface area contributed by atoms with Gasteiger partial charge >= 0.3 is 0 Å². The van der Waals surface area contributed by atoms with Crippen LogP contribution in [-0.4, -0.2) is 5.11 Å². The van der Waals surface area contributed by atoms with Crippen molar-refractivity contribution >= 4 is 33.0 Å². The van der Waals surface area contributed by atoms with Crippen molar-refractivity contribution in [3.05, 3.63) is 70.1 Å². The molecule has 1 N–H and O–H groups in total. The van der Waals surface area contributed by atoms with Gasteiger partial charge in [0.2, 0.25) is 0 Å². The van der Waals surface area contributed by atoms with Crippen LogP contribution in [0.25, 0.3) is 10.1 Å². The number of aliphatic hydroxyl groups excluding tert-OH is 1. The molecule has 0 saturated heterocycles. The third kappa shape index (κ3) is 2.15. The van der Waals surface area contributed by atoms with E-state index in [9.17, 15) is 5.11 Å². The predicted molar refractivity (Wildman–Crippen MR) is 77.3 cm³/mol. The van der Waals surface area contributed by atoms with Crippen LogP contribution in [0.2, 0.25) is 5.02 Å². The molecule has 1 nitrogen and oxygen atoms in total. The molecule has 3 aromatic rings. The normalized spacial score (nSPS) is 12.8. The van der Waals surface area contributed by atoms with E-state index in [1.54, 1.807) is 23.5 Å². The number of hydrogen-bond acceptors (Lipinski definition) is 2. The lowest BCUT2D eigenvalue weighted by atomic mass is 10.1. The van der Waals surface area contributed by atoms with Crippen LogP contribution < -0.4 is 0 Å². The molecule has 3 heteroatoms. The molecule has 0 spiro atoms. The Labute approximate surface area is 114 Å². The zero-order valence-electron chi connectivity index (χ0n) is 9.51. The van der Waals surface area contributed by atoms with Gasteiger partial charge < -0.3 is 5.11 Å². The highest BCUT2D eigenvalue weighted by Gasteiger charge is 2.13. The van der Waals surface area contributed by atoms with Gasteiger partial charge in [0.05, 0.1) is 0 Å². The molecule has 1 unspecified atom stereocenters. The highest BCUT2D eigenvalue weighted by Crippen LogP contribution is 2.33. The summed E-state index contributed by atoms with van der Waals surface area (Å²) in [5.74, 6) is 0. The largest absolute Gasteiger partial charge is 0.383 e. The SMILES string of the molecule is OC(c1ccc(Cl)cc1)c1cc2ccccc2s1. The monoisotopic (exact) mass is 274 g/mol. The summed E-state index contributed by atoms with van der Waals surface area (Å²) in [5.41, 5.74) is 0.867. The second-order valence-corrected chi connectivity index (χ2v) is 5.69. The van der Waals surface area contributed by atoms with E-state index < -0.39 is 6.10 Å². The van der Waals surface area contributed by atoms with Crippen LogP contribution in [0.5, 0.6) is 0 Å². The summed E-state index contributed by atoms with van der Waals surface area (Å²) >= 11 is 7.47. The molecule has 18 heavy (non-hydrogen) atoms. The van der Waals surface area contributed by atoms with Gasteiger partial charge in [-0.05, 0) is 35.2 Å². The summed E-state index contributed by atoms with van der Waals surface area (Å²) in [6.07, 6.45) is -0.584. The number of hydrogen-bond donors (Lipinski definition) is 1. The van der Waals surface area contributed by atoms with Crippen LogP contribution in [0.3, 0.4) is 0 Å². The molecule has 0 aliphatic heterocycles. The first-order valence-corrected chi connectivity index (χ1v) is 6.85. The third-order valence-corrected chi connectivity index (χ3v) is 4.32. The van der Waals surface area contributed by atoms with Crippen molar-refractivity contribution in [1.82, 2.24) is 0 Å². The molecule has 1 aromatic heterocycles. The van der Waals surface area contributed by atoms with Crippen LogP contribution in [0.1, 0.15) is 16.5 Å². The number of rotatable bonds is 2. The van der Waals surface area contributed by atoms with Gasteiger partial charge in [0.1, 0.15) is 6.10 Å². The van der Waals surface area contributed by atoms with Crippen LogP contribution >= 0.6 is 22.9 Å². The Kier molecular flexibility index (Phi) is 3.08. The fraction of sp³-hybridized carbons (Fsp3) is 0.0667. The molecule has 0 saturated carbocycles. The molecule has 3 rings (SSSR count). The lowest BCUT2D eigenvalue weighted by molar-refractivity contribution is 0.224. The zero-order valence-corrected chi connectivity index (χ0v) is 11.1. The standard InChI is InChI=1S/C15H11ClOS/c16-12-7-5-10(6-8-12)15(17)14-9-11-3-1-2-4-13(11)18-14/h1-9,15,17H. The molecule has 0 amide bonds. The zero-order chi connectivity index (χ0) is 12.5. The van der Waals surface area contributed by atoms with E-state index in [4.69, 9.17) is 11.6 Å². The summed E-state index contributed by atoms with van der Waals surface area (Å²) in [6, 6.07) is 17.5.